The van der Waals surface area contributed by atoms with Crippen molar-refractivity contribution >= 4 is 53.1 Å². The number of nitrogens with zero attached hydrogens (tertiary/aromatic N) is 1. The molecule has 8 heteroatoms. The molecule has 22 heavy (non-hydrogen) atoms. The van der Waals surface area contributed by atoms with Gasteiger partial charge < -0.3 is 16.0 Å². The van der Waals surface area contributed by atoms with Crippen molar-refractivity contribution in [3.05, 3.63) is 28.2 Å². The van der Waals surface area contributed by atoms with E-state index >= 15 is 0 Å². The Morgan fingerprint density at radius 2 is 2.00 bits per heavy atom. The third-order valence-electron chi connectivity index (χ3n) is 2.73. The summed E-state index contributed by atoms with van der Waals surface area (Å²) < 4.78 is 0. The fraction of sp³-hybridized carbons (Fsp3) is 0.429. The lowest BCUT2D eigenvalue weighted by Crippen LogP contribution is -2.45. The number of hydrogen-bond acceptors (Lipinski definition) is 3. The average Bonchev–Trinajstić information content (AvgIpc) is 2.41. The lowest BCUT2D eigenvalue weighted by atomic mass is 10.2. The number of benzene rings is 1. The van der Waals surface area contributed by atoms with E-state index in [9.17, 15) is 9.59 Å². The normalized spacial score (nSPS) is 11.3. The minimum absolute atomic E-state index is 0. The van der Waals surface area contributed by atoms with Crippen molar-refractivity contribution in [1.29, 1.82) is 0 Å². The first-order valence-corrected chi connectivity index (χ1v) is 7.40. The summed E-state index contributed by atoms with van der Waals surface area (Å²) in [6.07, 6.45) is 0.740. The van der Waals surface area contributed by atoms with Gasteiger partial charge >= 0.3 is 0 Å². The Kier molecular flexibility index (Phi) is 9.44. The maximum atomic E-state index is 12.0. The molecule has 1 atom stereocenters. The van der Waals surface area contributed by atoms with E-state index in [0.717, 1.165) is 6.42 Å². The molecular formula is C14H20Cl3N3O2. The Morgan fingerprint density at radius 1 is 1.36 bits per heavy atom. The average molecular weight is 369 g/mol. The number of hydrogen-bond donors (Lipinski definition) is 2. The zero-order chi connectivity index (χ0) is 16.0. The predicted molar refractivity (Wildman–Crippen MR) is 92.9 cm³/mol. The highest BCUT2D eigenvalue weighted by Gasteiger charge is 2.19. The summed E-state index contributed by atoms with van der Waals surface area (Å²) in [5.41, 5.74) is 5.99. The third kappa shape index (κ3) is 6.40. The first kappa shape index (κ1) is 21.0. The molecule has 1 aromatic rings. The number of rotatable bonds is 6. The summed E-state index contributed by atoms with van der Waals surface area (Å²) in [7, 11) is 0. The Bertz CT molecular complexity index is 524. The summed E-state index contributed by atoms with van der Waals surface area (Å²) in [6.45, 7) is 3.91. The number of amides is 2. The van der Waals surface area contributed by atoms with Gasteiger partial charge in [-0.15, -0.1) is 12.4 Å². The molecule has 0 aromatic heterocycles. The number of nitrogens with two attached hydrogens (primary N) is 1. The number of carbonyl (C=O) groups excluding carboxylic acids is 2. The Labute approximate surface area is 146 Å². The second kappa shape index (κ2) is 9.90. The van der Waals surface area contributed by atoms with Gasteiger partial charge in [0.2, 0.25) is 11.8 Å². The van der Waals surface area contributed by atoms with E-state index in [1.165, 1.54) is 4.90 Å². The van der Waals surface area contributed by atoms with Crippen LogP contribution in [-0.2, 0) is 9.59 Å². The Hall–Kier alpha value is -1.01. The zero-order valence-corrected chi connectivity index (χ0v) is 14.8. The molecule has 0 spiro atoms. The van der Waals surface area contributed by atoms with E-state index in [4.69, 9.17) is 28.9 Å². The molecule has 0 radical (unpaired) electrons. The lowest BCUT2D eigenvalue weighted by Gasteiger charge is -2.23. The summed E-state index contributed by atoms with van der Waals surface area (Å²) >= 11 is 11.8. The van der Waals surface area contributed by atoms with E-state index in [-0.39, 0.29) is 30.8 Å². The van der Waals surface area contributed by atoms with Crippen LogP contribution in [0.4, 0.5) is 5.69 Å². The molecule has 0 heterocycles. The molecule has 5 nitrogen and oxygen atoms in total. The Balaban J connectivity index is 0.00000441. The molecule has 0 unspecified atom stereocenters. The largest absolute Gasteiger partial charge is 0.332 e. The highest BCUT2D eigenvalue weighted by Crippen LogP contribution is 2.25. The summed E-state index contributed by atoms with van der Waals surface area (Å²) in [5, 5.41) is 3.49. The van der Waals surface area contributed by atoms with Crippen molar-refractivity contribution in [2.24, 2.45) is 5.73 Å². The highest BCUT2D eigenvalue weighted by atomic mass is 35.5. The van der Waals surface area contributed by atoms with Crippen LogP contribution >= 0.6 is 35.6 Å². The molecule has 0 saturated carbocycles. The third-order valence-corrected chi connectivity index (χ3v) is 3.30. The van der Waals surface area contributed by atoms with Crippen molar-refractivity contribution in [1.82, 2.24) is 4.90 Å². The SMILES string of the molecule is CCCN(CC(=O)Nc1cc(Cl)ccc1Cl)C(=O)[C@H](C)N.Cl. The van der Waals surface area contributed by atoms with Gasteiger partial charge in [-0.05, 0) is 31.5 Å². The summed E-state index contributed by atoms with van der Waals surface area (Å²) in [4.78, 5) is 25.4. The van der Waals surface area contributed by atoms with Gasteiger partial charge in [0, 0.05) is 11.6 Å². The van der Waals surface area contributed by atoms with Crippen LogP contribution in [0.5, 0.6) is 0 Å². The number of carbonyl (C=O) groups is 2. The fourth-order valence-corrected chi connectivity index (χ4v) is 2.12. The summed E-state index contributed by atoms with van der Waals surface area (Å²) in [5.74, 6) is -0.606. The van der Waals surface area contributed by atoms with Gasteiger partial charge in [-0.25, -0.2) is 0 Å². The second-order valence-electron chi connectivity index (χ2n) is 4.72. The standard InChI is InChI=1S/C14H19Cl2N3O2.ClH/c1-3-6-19(14(21)9(2)17)8-13(20)18-12-7-10(15)4-5-11(12)16;/h4-5,7,9H,3,6,8,17H2,1-2H3,(H,18,20);1H/t9-;/m0./s1. The van der Waals surface area contributed by atoms with Gasteiger partial charge in [0.25, 0.3) is 0 Å². The van der Waals surface area contributed by atoms with Crippen LogP contribution in [0.15, 0.2) is 18.2 Å². The molecule has 0 saturated heterocycles. The second-order valence-corrected chi connectivity index (χ2v) is 5.56. The van der Waals surface area contributed by atoms with Gasteiger partial charge in [0.05, 0.1) is 23.3 Å². The molecule has 3 N–H and O–H groups in total. The number of halogens is 3. The first-order valence-electron chi connectivity index (χ1n) is 6.64. The molecule has 0 aliphatic rings. The fourth-order valence-electron chi connectivity index (χ4n) is 1.78. The smallest absolute Gasteiger partial charge is 0.244 e. The maximum Gasteiger partial charge on any atom is 0.244 e. The minimum Gasteiger partial charge on any atom is -0.332 e. The van der Waals surface area contributed by atoms with Gasteiger partial charge in [0.1, 0.15) is 0 Å². The summed E-state index contributed by atoms with van der Waals surface area (Å²) in [6, 6.07) is 4.14. The van der Waals surface area contributed by atoms with Crippen LogP contribution in [-0.4, -0.2) is 35.8 Å². The molecule has 0 aliphatic heterocycles. The van der Waals surface area contributed by atoms with Gasteiger partial charge in [-0.2, -0.15) is 0 Å². The Morgan fingerprint density at radius 3 is 2.55 bits per heavy atom. The van der Waals surface area contributed by atoms with Crippen molar-refractivity contribution in [3.63, 3.8) is 0 Å². The molecule has 1 aromatic carbocycles. The van der Waals surface area contributed by atoms with E-state index in [0.29, 0.717) is 22.3 Å². The van der Waals surface area contributed by atoms with Crippen LogP contribution in [0.25, 0.3) is 0 Å². The molecule has 0 fully saturated rings. The molecule has 0 bridgehead atoms. The lowest BCUT2D eigenvalue weighted by molar-refractivity contribution is -0.135. The van der Waals surface area contributed by atoms with Crippen LogP contribution in [0.1, 0.15) is 20.3 Å². The molecule has 124 valence electrons. The van der Waals surface area contributed by atoms with Crippen molar-refractivity contribution < 1.29 is 9.59 Å². The first-order chi connectivity index (χ1) is 9.85. The quantitative estimate of drug-likeness (QED) is 0.810. The van der Waals surface area contributed by atoms with E-state index in [1.807, 2.05) is 6.92 Å². The molecule has 0 aliphatic carbocycles. The number of anilines is 1. The van der Waals surface area contributed by atoms with E-state index in [2.05, 4.69) is 5.32 Å². The molecule has 2 amide bonds. The zero-order valence-electron chi connectivity index (χ0n) is 12.4. The monoisotopic (exact) mass is 367 g/mol. The maximum absolute atomic E-state index is 12.0. The van der Waals surface area contributed by atoms with E-state index in [1.54, 1.807) is 25.1 Å². The van der Waals surface area contributed by atoms with Crippen molar-refractivity contribution in [3.8, 4) is 0 Å². The van der Waals surface area contributed by atoms with Crippen LogP contribution in [0, 0.1) is 0 Å². The molecular weight excluding hydrogens is 349 g/mol. The van der Waals surface area contributed by atoms with Gasteiger partial charge in [0.15, 0.2) is 0 Å². The minimum atomic E-state index is -0.640. The van der Waals surface area contributed by atoms with E-state index < -0.39 is 6.04 Å². The van der Waals surface area contributed by atoms with Crippen LogP contribution in [0.3, 0.4) is 0 Å². The van der Waals surface area contributed by atoms with Crippen molar-refractivity contribution in [2.75, 3.05) is 18.4 Å². The predicted octanol–water partition coefficient (Wildman–Crippen LogP) is 2.94. The van der Waals surface area contributed by atoms with Crippen molar-refractivity contribution in [2.45, 2.75) is 26.3 Å². The topological polar surface area (TPSA) is 75.4 Å². The van der Waals surface area contributed by atoms with Gasteiger partial charge in [-0.3, -0.25) is 9.59 Å². The van der Waals surface area contributed by atoms with Crippen LogP contribution < -0.4 is 11.1 Å². The molecule has 1 rings (SSSR count). The number of nitrogens with one attached hydrogen (secondary N) is 1. The highest BCUT2D eigenvalue weighted by molar-refractivity contribution is 6.35. The van der Waals surface area contributed by atoms with Crippen LogP contribution in [0.2, 0.25) is 10.0 Å². The van der Waals surface area contributed by atoms with Gasteiger partial charge in [-0.1, -0.05) is 30.1 Å².